The summed E-state index contributed by atoms with van der Waals surface area (Å²) in [5.74, 6) is -0.117. The van der Waals surface area contributed by atoms with Crippen molar-refractivity contribution in [1.82, 2.24) is 9.80 Å². The minimum atomic E-state index is -4.61. The molecule has 28 heavy (non-hydrogen) atoms. The van der Waals surface area contributed by atoms with Crippen molar-refractivity contribution >= 4 is 29.2 Å². The molecule has 3 rings (SSSR count). The molecule has 0 unspecified atom stereocenters. The molecule has 3 amide bonds. The van der Waals surface area contributed by atoms with Gasteiger partial charge in [-0.2, -0.15) is 13.2 Å². The van der Waals surface area contributed by atoms with Crippen LogP contribution >= 0.6 is 11.6 Å². The number of halogens is 4. The summed E-state index contributed by atoms with van der Waals surface area (Å²) >= 11 is 5.58. The first kappa shape index (κ1) is 20.0. The number of urea groups is 1. The first-order valence-electron chi connectivity index (χ1n) is 8.53. The van der Waals surface area contributed by atoms with Gasteiger partial charge in [0.05, 0.1) is 10.6 Å². The number of nitrogens with one attached hydrogen (secondary N) is 1. The predicted molar refractivity (Wildman–Crippen MR) is 99.4 cm³/mol. The molecule has 1 heterocycles. The number of rotatable bonds is 2. The number of benzene rings is 2. The monoisotopic (exact) mass is 411 g/mol. The van der Waals surface area contributed by atoms with E-state index in [0.717, 1.165) is 12.1 Å². The Bertz CT molecular complexity index is 866. The standard InChI is InChI=1S/C19H17ClF3N3O2/c20-16-7-6-14(12-15(16)19(21,22)23)24-18(28)26-10-8-25(9-11-26)17(27)13-4-2-1-3-5-13/h1-7,12H,8-11H2,(H,24,28). The second kappa shape index (κ2) is 8.10. The summed E-state index contributed by atoms with van der Waals surface area (Å²) in [6.07, 6.45) is -4.61. The van der Waals surface area contributed by atoms with Crippen LogP contribution in [0.25, 0.3) is 0 Å². The number of carbonyl (C=O) groups is 2. The van der Waals surface area contributed by atoms with E-state index in [2.05, 4.69) is 5.32 Å². The number of carbonyl (C=O) groups excluding carboxylic acids is 2. The molecular weight excluding hydrogens is 395 g/mol. The van der Waals surface area contributed by atoms with Gasteiger partial charge in [-0.05, 0) is 30.3 Å². The molecule has 1 N–H and O–H groups in total. The minimum absolute atomic E-state index is 0.00418. The summed E-state index contributed by atoms with van der Waals surface area (Å²) in [5.41, 5.74) is -0.434. The summed E-state index contributed by atoms with van der Waals surface area (Å²) in [5, 5.41) is 2.02. The first-order valence-corrected chi connectivity index (χ1v) is 8.90. The van der Waals surface area contributed by atoms with Crippen LogP contribution < -0.4 is 5.32 Å². The third-order valence-corrected chi connectivity index (χ3v) is 4.73. The van der Waals surface area contributed by atoms with Gasteiger partial charge in [-0.3, -0.25) is 4.79 Å². The normalized spacial score (nSPS) is 14.7. The molecule has 0 bridgehead atoms. The number of anilines is 1. The van der Waals surface area contributed by atoms with Crippen molar-refractivity contribution < 1.29 is 22.8 Å². The number of piperazine rings is 1. The number of nitrogens with zero attached hydrogens (tertiary/aromatic N) is 2. The van der Waals surface area contributed by atoms with Crippen LogP contribution in [0.3, 0.4) is 0 Å². The summed E-state index contributed by atoms with van der Waals surface area (Å²) in [6, 6.07) is 11.5. The lowest BCUT2D eigenvalue weighted by Crippen LogP contribution is -2.51. The Balaban J connectivity index is 1.59. The average Bonchev–Trinajstić information content (AvgIpc) is 2.69. The van der Waals surface area contributed by atoms with Gasteiger partial charge in [-0.15, -0.1) is 0 Å². The van der Waals surface area contributed by atoms with Crippen LogP contribution in [-0.4, -0.2) is 47.9 Å². The lowest BCUT2D eigenvalue weighted by atomic mass is 10.2. The van der Waals surface area contributed by atoms with E-state index in [1.54, 1.807) is 29.2 Å². The Hall–Kier alpha value is -2.74. The molecule has 0 saturated carbocycles. The van der Waals surface area contributed by atoms with Crippen LogP contribution in [0.1, 0.15) is 15.9 Å². The van der Waals surface area contributed by atoms with Gasteiger partial charge in [0.1, 0.15) is 0 Å². The van der Waals surface area contributed by atoms with Crippen LogP contribution in [0.15, 0.2) is 48.5 Å². The quantitative estimate of drug-likeness (QED) is 0.798. The second-order valence-corrected chi connectivity index (χ2v) is 6.68. The van der Waals surface area contributed by atoms with E-state index in [-0.39, 0.29) is 24.7 Å². The van der Waals surface area contributed by atoms with Crippen molar-refractivity contribution in [3.05, 3.63) is 64.7 Å². The van der Waals surface area contributed by atoms with E-state index in [1.165, 1.54) is 11.0 Å². The zero-order valence-corrected chi connectivity index (χ0v) is 15.4. The Morgan fingerprint density at radius 1 is 0.929 bits per heavy atom. The largest absolute Gasteiger partial charge is 0.417 e. The molecule has 0 aromatic heterocycles. The fourth-order valence-corrected chi connectivity index (χ4v) is 3.12. The van der Waals surface area contributed by atoms with Gasteiger partial charge in [0.15, 0.2) is 0 Å². The van der Waals surface area contributed by atoms with Gasteiger partial charge in [0.25, 0.3) is 5.91 Å². The lowest BCUT2D eigenvalue weighted by Gasteiger charge is -2.34. The summed E-state index contributed by atoms with van der Waals surface area (Å²) in [6.45, 7) is 1.25. The predicted octanol–water partition coefficient (Wildman–Crippen LogP) is 4.35. The highest BCUT2D eigenvalue weighted by Gasteiger charge is 2.33. The summed E-state index contributed by atoms with van der Waals surface area (Å²) in [4.78, 5) is 27.9. The molecule has 1 fully saturated rings. The number of hydrogen-bond donors (Lipinski definition) is 1. The van der Waals surface area contributed by atoms with E-state index in [4.69, 9.17) is 11.6 Å². The fraction of sp³-hybridized carbons (Fsp3) is 0.263. The molecule has 1 aliphatic rings. The molecule has 0 atom stereocenters. The Morgan fingerprint density at radius 3 is 2.14 bits per heavy atom. The minimum Gasteiger partial charge on any atom is -0.335 e. The molecule has 2 aromatic carbocycles. The molecule has 1 aliphatic heterocycles. The number of hydrogen-bond acceptors (Lipinski definition) is 2. The number of alkyl halides is 3. The maximum atomic E-state index is 12.9. The molecule has 2 aromatic rings. The van der Waals surface area contributed by atoms with Crippen LogP contribution in [0.2, 0.25) is 5.02 Å². The van der Waals surface area contributed by atoms with E-state index >= 15 is 0 Å². The van der Waals surface area contributed by atoms with Crippen molar-refractivity contribution in [2.75, 3.05) is 31.5 Å². The van der Waals surface area contributed by atoms with Crippen molar-refractivity contribution in [3.63, 3.8) is 0 Å². The zero-order valence-electron chi connectivity index (χ0n) is 14.7. The number of amides is 3. The Kier molecular flexibility index (Phi) is 5.79. The van der Waals surface area contributed by atoms with Gasteiger partial charge in [-0.25, -0.2) is 4.79 Å². The van der Waals surface area contributed by atoms with Gasteiger partial charge < -0.3 is 15.1 Å². The smallest absolute Gasteiger partial charge is 0.335 e. The molecule has 1 saturated heterocycles. The third-order valence-electron chi connectivity index (χ3n) is 4.40. The van der Waals surface area contributed by atoms with Crippen molar-refractivity contribution in [3.8, 4) is 0 Å². The van der Waals surface area contributed by atoms with E-state index < -0.39 is 22.8 Å². The molecule has 5 nitrogen and oxygen atoms in total. The second-order valence-electron chi connectivity index (χ2n) is 6.27. The first-order chi connectivity index (χ1) is 13.3. The Labute approximate surface area is 164 Å². The Morgan fingerprint density at radius 2 is 1.54 bits per heavy atom. The molecule has 0 spiro atoms. The highest BCUT2D eigenvalue weighted by atomic mass is 35.5. The molecule has 148 valence electrons. The topological polar surface area (TPSA) is 52.7 Å². The summed E-state index contributed by atoms with van der Waals surface area (Å²) < 4.78 is 38.8. The van der Waals surface area contributed by atoms with E-state index in [0.29, 0.717) is 18.7 Å². The average molecular weight is 412 g/mol. The molecule has 9 heteroatoms. The van der Waals surface area contributed by atoms with Gasteiger partial charge >= 0.3 is 12.2 Å². The van der Waals surface area contributed by atoms with Crippen molar-refractivity contribution in [2.24, 2.45) is 0 Å². The third kappa shape index (κ3) is 4.56. The maximum absolute atomic E-state index is 12.9. The zero-order chi connectivity index (χ0) is 20.3. The van der Waals surface area contributed by atoms with Gasteiger partial charge in [0, 0.05) is 37.4 Å². The van der Waals surface area contributed by atoms with E-state index in [1.807, 2.05) is 6.07 Å². The summed E-state index contributed by atoms with van der Waals surface area (Å²) in [7, 11) is 0. The SMILES string of the molecule is O=C(Nc1ccc(Cl)c(C(F)(F)F)c1)N1CCN(C(=O)c2ccccc2)CC1. The van der Waals surface area contributed by atoms with Crippen LogP contribution in [0, 0.1) is 0 Å². The van der Waals surface area contributed by atoms with Crippen LogP contribution in [0.4, 0.5) is 23.7 Å². The molecule has 0 aliphatic carbocycles. The van der Waals surface area contributed by atoms with Gasteiger partial charge in [0.2, 0.25) is 0 Å². The highest BCUT2D eigenvalue weighted by molar-refractivity contribution is 6.31. The van der Waals surface area contributed by atoms with Crippen LogP contribution in [0.5, 0.6) is 0 Å². The molecule has 0 radical (unpaired) electrons. The highest BCUT2D eigenvalue weighted by Crippen LogP contribution is 2.36. The van der Waals surface area contributed by atoms with Crippen LogP contribution in [-0.2, 0) is 6.18 Å². The van der Waals surface area contributed by atoms with E-state index in [9.17, 15) is 22.8 Å². The molecular formula is C19H17ClF3N3O2. The van der Waals surface area contributed by atoms with Gasteiger partial charge in [-0.1, -0.05) is 29.8 Å². The fourth-order valence-electron chi connectivity index (χ4n) is 2.90. The van der Waals surface area contributed by atoms with Crippen molar-refractivity contribution in [1.29, 1.82) is 0 Å². The maximum Gasteiger partial charge on any atom is 0.417 e. The lowest BCUT2D eigenvalue weighted by molar-refractivity contribution is -0.137. The van der Waals surface area contributed by atoms with Crippen molar-refractivity contribution in [2.45, 2.75) is 6.18 Å².